The zero-order valence-electron chi connectivity index (χ0n) is 18.0. The van der Waals surface area contributed by atoms with Crippen molar-refractivity contribution in [3.8, 4) is 10.4 Å². The average molecular weight is 442 g/mol. The monoisotopic (exact) mass is 441 g/mol. The number of hydrogen-bond donors (Lipinski definition) is 2. The number of unbranched alkanes of at least 4 members (excludes halogenated alkanes) is 1. The lowest BCUT2D eigenvalue weighted by atomic mass is 10.2. The van der Waals surface area contributed by atoms with Crippen molar-refractivity contribution in [3.05, 3.63) is 42.6 Å². The fraction of sp³-hybridized carbons (Fsp3) is 0.381. The first kappa shape index (κ1) is 22.4. The number of hydrogen-bond acceptors (Lipinski definition) is 9. The number of thiazole rings is 1. The number of ether oxygens (including phenoxy) is 1. The highest BCUT2D eigenvalue weighted by atomic mass is 32.1. The number of pyridine rings is 1. The van der Waals surface area contributed by atoms with Gasteiger partial charge in [-0.15, -0.1) is 0 Å². The van der Waals surface area contributed by atoms with Gasteiger partial charge >= 0.3 is 6.09 Å². The number of likely N-dealkylation sites (N-methyl/N-ethyl adjacent to an activating group) is 1. The fourth-order valence-electron chi connectivity index (χ4n) is 2.70. The minimum atomic E-state index is -0.392. The summed E-state index contributed by atoms with van der Waals surface area (Å²) < 4.78 is 5.10. The molecule has 0 atom stereocenters. The first-order valence-corrected chi connectivity index (χ1v) is 11.0. The molecule has 3 rings (SSSR count). The van der Waals surface area contributed by atoms with Crippen LogP contribution in [0, 0.1) is 6.92 Å². The van der Waals surface area contributed by atoms with Crippen LogP contribution in [0.15, 0.2) is 36.8 Å². The van der Waals surface area contributed by atoms with E-state index in [4.69, 9.17) is 4.74 Å². The summed E-state index contributed by atoms with van der Waals surface area (Å²) in [5.74, 6) is 2.06. The van der Waals surface area contributed by atoms with Gasteiger partial charge in [0.1, 0.15) is 17.5 Å². The standard InChI is InChI=1S/C21H27N7O2S/c1-4-5-12-30-21(29)23-10-11-28(3)19-13-18(25-15(2)26-19)27-20-24-14-17(31-20)16-6-8-22-9-7-16/h6-9,13-14H,4-5,10-12H2,1-3H3,(H,23,29)(H,24,25,26,27). The van der Waals surface area contributed by atoms with E-state index in [1.54, 1.807) is 23.7 Å². The zero-order valence-corrected chi connectivity index (χ0v) is 18.8. The van der Waals surface area contributed by atoms with Gasteiger partial charge in [0.25, 0.3) is 0 Å². The molecule has 164 valence electrons. The van der Waals surface area contributed by atoms with Gasteiger partial charge in [0, 0.05) is 44.8 Å². The van der Waals surface area contributed by atoms with Gasteiger partial charge in [-0.2, -0.15) is 0 Å². The van der Waals surface area contributed by atoms with Gasteiger partial charge in [0.15, 0.2) is 5.13 Å². The normalized spacial score (nSPS) is 10.5. The van der Waals surface area contributed by atoms with Gasteiger partial charge in [-0.3, -0.25) is 4.98 Å². The molecule has 3 aromatic heterocycles. The number of alkyl carbamates (subject to hydrolysis) is 1. The van der Waals surface area contributed by atoms with Crippen molar-refractivity contribution < 1.29 is 9.53 Å². The third-order valence-electron chi connectivity index (χ3n) is 4.37. The van der Waals surface area contributed by atoms with Crippen LogP contribution in [0.5, 0.6) is 0 Å². The SMILES string of the molecule is CCCCOC(=O)NCCN(C)c1cc(Nc2ncc(-c3ccncc3)s2)nc(C)n1. The maximum atomic E-state index is 11.7. The lowest BCUT2D eigenvalue weighted by Gasteiger charge is -2.19. The molecule has 0 saturated heterocycles. The van der Waals surface area contributed by atoms with Crippen molar-refractivity contribution in [3.63, 3.8) is 0 Å². The average Bonchev–Trinajstić information content (AvgIpc) is 3.22. The van der Waals surface area contributed by atoms with E-state index < -0.39 is 6.09 Å². The Morgan fingerprint density at radius 1 is 1.26 bits per heavy atom. The highest BCUT2D eigenvalue weighted by Crippen LogP contribution is 2.30. The van der Waals surface area contributed by atoms with E-state index >= 15 is 0 Å². The van der Waals surface area contributed by atoms with Crippen molar-refractivity contribution in [2.45, 2.75) is 26.7 Å². The van der Waals surface area contributed by atoms with Crippen molar-refractivity contribution in [2.24, 2.45) is 0 Å². The van der Waals surface area contributed by atoms with Gasteiger partial charge in [-0.05, 0) is 31.0 Å². The number of aryl methyl sites for hydroxylation is 1. The van der Waals surface area contributed by atoms with Crippen LogP contribution in [0.1, 0.15) is 25.6 Å². The molecule has 31 heavy (non-hydrogen) atoms. The summed E-state index contributed by atoms with van der Waals surface area (Å²) in [7, 11) is 1.92. The smallest absolute Gasteiger partial charge is 0.407 e. The van der Waals surface area contributed by atoms with Gasteiger partial charge in [-0.1, -0.05) is 24.7 Å². The molecule has 0 aromatic carbocycles. The molecular formula is C21H27N7O2S. The van der Waals surface area contributed by atoms with E-state index in [1.165, 1.54) is 0 Å². The number of carbonyl (C=O) groups is 1. The Kier molecular flexibility index (Phi) is 8.11. The van der Waals surface area contributed by atoms with Crippen LogP contribution < -0.4 is 15.5 Å². The molecular weight excluding hydrogens is 414 g/mol. The molecule has 0 saturated carbocycles. The van der Waals surface area contributed by atoms with E-state index in [2.05, 4.69) is 37.5 Å². The summed E-state index contributed by atoms with van der Waals surface area (Å²) in [6.07, 6.45) is 6.82. The minimum Gasteiger partial charge on any atom is -0.450 e. The summed E-state index contributed by atoms with van der Waals surface area (Å²) in [6, 6.07) is 5.76. The number of aromatic nitrogens is 4. The number of nitrogens with zero attached hydrogens (tertiary/aromatic N) is 5. The quantitative estimate of drug-likeness (QED) is 0.455. The summed E-state index contributed by atoms with van der Waals surface area (Å²) in [5, 5.41) is 6.76. The minimum absolute atomic E-state index is 0.392. The second-order valence-corrected chi connectivity index (χ2v) is 7.92. The van der Waals surface area contributed by atoms with Gasteiger partial charge in [-0.25, -0.2) is 19.7 Å². The van der Waals surface area contributed by atoms with Crippen LogP contribution in [-0.2, 0) is 4.74 Å². The highest BCUT2D eigenvalue weighted by molar-refractivity contribution is 7.18. The van der Waals surface area contributed by atoms with E-state index in [-0.39, 0.29) is 0 Å². The first-order chi connectivity index (χ1) is 15.0. The Morgan fingerprint density at radius 2 is 2.06 bits per heavy atom. The molecule has 9 nitrogen and oxygen atoms in total. The Hall–Kier alpha value is -3.27. The molecule has 10 heteroatoms. The molecule has 2 N–H and O–H groups in total. The molecule has 0 bridgehead atoms. The van der Waals surface area contributed by atoms with E-state index in [1.807, 2.05) is 43.3 Å². The van der Waals surface area contributed by atoms with Crippen LogP contribution in [0.25, 0.3) is 10.4 Å². The second kappa shape index (κ2) is 11.2. The predicted molar refractivity (Wildman–Crippen MR) is 123 cm³/mol. The van der Waals surface area contributed by atoms with E-state index in [9.17, 15) is 4.79 Å². The van der Waals surface area contributed by atoms with Crippen LogP contribution in [-0.4, -0.2) is 52.8 Å². The Balaban J connectivity index is 1.57. The third-order valence-corrected chi connectivity index (χ3v) is 5.33. The molecule has 1 amide bonds. The Bertz CT molecular complexity index is 981. The van der Waals surface area contributed by atoms with Gasteiger partial charge in [0.05, 0.1) is 11.5 Å². The van der Waals surface area contributed by atoms with Gasteiger partial charge in [0.2, 0.25) is 0 Å². The van der Waals surface area contributed by atoms with E-state index in [0.29, 0.717) is 31.3 Å². The van der Waals surface area contributed by atoms with Crippen LogP contribution in [0.4, 0.5) is 21.6 Å². The predicted octanol–water partition coefficient (Wildman–Crippen LogP) is 4.01. The largest absolute Gasteiger partial charge is 0.450 e. The van der Waals surface area contributed by atoms with Gasteiger partial charge < -0.3 is 20.3 Å². The topological polar surface area (TPSA) is 105 Å². The number of nitrogens with one attached hydrogen (secondary N) is 2. The lowest BCUT2D eigenvalue weighted by molar-refractivity contribution is 0.145. The second-order valence-electron chi connectivity index (χ2n) is 6.89. The molecule has 0 aliphatic carbocycles. The lowest BCUT2D eigenvalue weighted by Crippen LogP contribution is -2.33. The zero-order chi connectivity index (χ0) is 22.1. The molecule has 3 aromatic rings. The maximum Gasteiger partial charge on any atom is 0.407 e. The number of anilines is 3. The molecule has 3 heterocycles. The Morgan fingerprint density at radius 3 is 2.84 bits per heavy atom. The van der Waals surface area contributed by atoms with Crippen molar-refractivity contribution in [2.75, 3.05) is 37.0 Å². The third kappa shape index (κ3) is 6.88. The maximum absolute atomic E-state index is 11.7. The molecule has 0 aliphatic rings. The summed E-state index contributed by atoms with van der Waals surface area (Å²) in [5.41, 5.74) is 1.07. The van der Waals surface area contributed by atoms with Crippen LogP contribution >= 0.6 is 11.3 Å². The molecule has 0 radical (unpaired) electrons. The summed E-state index contributed by atoms with van der Waals surface area (Å²) >= 11 is 1.54. The molecule has 0 unspecified atom stereocenters. The van der Waals surface area contributed by atoms with Crippen LogP contribution in [0.3, 0.4) is 0 Å². The van der Waals surface area contributed by atoms with Crippen LogP contribution in [0.2, 0.25) is 0 Å². The Labute approximate surface area is 185 Å². The fourth-order valence-corrected chi connectivity index (χ4v) is 3.53. The van der Waals surface area contributed by atoms with E-state index in [0.717, 1.165) is 34.2 Å². The first-order valence-electron chi connectivity index (χ1n) is 10.2. The molecule has 0 spiro atoms. The number of rotatable bonds is 10. The summed E-state index contributed by atoms with van der Waals surface area (Å²) in [4.78, 5) is 32.1. The molecule has 0 fully saturated rings. The number of amides is 1. The van der Waals surface area contributed by atoms with Crippen molar-refractivity contribution in [1.82, 2.24) is 25.3 Å². The summed E-state index contributed by atoms with van der Waals surface area (Å²) in [6.45, 7) is 5.38. The van der Waals surface area contributed by atoms with Crippen molar-refractivity contribution in [1.29, 1.82) is 0 Å². The molecule has 0 aliphatic heterocycles. The van der Waals surface area contributed by atoms with Crippen molar-refractivity contribution >= 4 is 34.2 Å². The highest BCUT2D eigenvalue weighted by Gasteiger charge is 2.10. The number of carbonyl (C=O) groups excluding carboxylic acids is 1.